The number of halogens is 3. The third-order valence-electron chi connectivity index (χ3n) is 4.46. The minimum absolute atomic E-state index is 0.0902. The fraction of sp³-hybridized carbons (Fsp3) is 0.389. The molecule has 0 radical (unpaired) electrons. The highest BCUT2D eigenvalue weighted by molar-refractivity contribution is 6.35. The number of hydrogen-bond acceptors (Lipinski definition) is 7. The summed E-state index contributed by atoms with van der Waals surface area (Å²) in [4.78, 5) is 36.6. The van der Waals surface area contributed by atoms with Crippen LogP contribution in [0.25, 0.3) is 0 Å². The van der Waals surface area contributed by atoms with Crippen molar-refractivity contribution in [3.8, 4) is 0 Å². The van der Waals surface area contributed by atoms with Gasteiger partial charge < -0.3 is 19.9 Å². The van der Waals surface area contributed by atoms with Gasteiger partial charge >= 0.3 is 11.7 Å². The Morgan fingerprint density at radius 1 is 1.37 bits per heavy atom. The van der Waals surface area contributed by atoms with Gasteiger partial charge in [-0.3, -0.25) is 19.1 Å². The number of nitrogens with one attached hydrogen (secondary N) is 1. The van der Waals surface area contributed by atoms with Crippen LogP contribution in [0.15, 0.2) is 34.0 Å². The predicted octanol–water partition coefficient (Wildman–Crippen LogP) is 1.36. The Morgan fingerprint density at radius 3 is 2.83 bits per heavy atom. The van der Waals surface area contributed by atoms with Crippen LogP contribution in [0.1, 0.15) is 18.2 Å². The number of esters is 1. The molecule has 9 nitrogen and oxygen atoms in total. The Kier molecular flexibility index (Phi) is 7.27. The molecule has 2 aromatic rings. The van der Waals surface area contributed by atoms with Gasteiger partial charge in [-0.25, -0.2) is 4.79 Å². The third-order valence-corrected chi connectivity index (χ3v) is 5.05. The maximum Gasteiger partial charge on any atom is 0.330 e. The van der Waals surface area contributed by atoms with Crippen molar-refractivity contribution in [2.24, 2.45) is 5.73 Å². The molecular weight excluding hydrogens is 444 g/mol. The number of ether oxygens (including phenoxy) is 3. The molecule has 2 heterocycles. The van der Waals surface area contributed by atoms with E-state index in [1.807, 2.05) is 4.98 Å². The van der Waals surface area contributed by atoms with Gasteiger partial charge in [0.25, 0.3) is 5.56 Å². The molecule has 1 fully saturated rings. The maximum absolute atomic E-state index is 13.7. The molecule has 0 amide bonds. The number of carbonyl (C=O) groups excluding carboxylic acids is 1. The quantitative estimate of drug-likeness (QED) is 0.596. The molecule has 1 aliphatic heterocycles. The average Bonchev–Trinajstić information content (AvgIpc) is 3.11. The highest BCUT2D eigenvalue weighted by Gasteiger charge is 2.38. The lowest BCUT2D eigenvalue weighted by Gasteiger charge is -2.19. The van der Waals surface area contributed by atoms with E-state index in [4.69, 9.17) is 43.1 Å². The first-order valence-corrected chi connectivity index (χ1v) is 9.61. The second-order valence-electron chi connectivity index (χ2n) is 6.48. The van der Waals surface area contributed by atoms with Gasteiger partial charge in [-0.15, -0.1) is 0 Å². The van der Waals surface area contributed by atoms with Crippen molar-refractivity contribution in [3.63, 3.8) is 0 Å². The number of carbonyl (C=O) groups is 1. The van der Waals surface area contributed by atoms with Crippen LogP contribution in [0.3, 0.4) is 0 Å². The van der Waals surface area contributed by atoms with Crippen LogP contribution in [-0.4, -0.2) is 40.9 Å². The largest absolute Gasteiger partial charge is 0.462 e. The maximum atomic E-state index is 13.7. The zero-order valence-corrected chi connectivity index (χ0v) is 17.0. The normalized spacial score (nSPS) is 21.0. The standard InChI is InChI=1S/C18H18Cl2FN3O6/c19-10-2-1-9(11(20)3-10)7-28-13-4-15(30-14(13)8-29-16(25)5-22)24-6-12(21)17(26)23-18(24)27/h1-3,6,13-15H,4-5,7-8,22H2,(H,23,26,27)/t13-,14+,15+/m0/s1. The Labute approximate surface area is 179 Å². The Morgan fingerprint density at radius 2 is 2.13 bits per heavy atom. The van der Waals surface area contributed by atoms with Crippen molar-refractivity contribution in [1.82, 2.24) is 9.55 Å². The average molecular weight is 462 g/mol. The van der Waals surface area contributed by atoms with Crippen LogP contribution in [0.2, 0.25) is 10.0 Å². The van der Waals surface area contributed by atoms with Gasteiger partial charge in [0.15, 0.2) is 0 Å². The van der Waals surface area contributed by atoms with Crippen LogP contribution >= 0.6 is 23.2 Å². The summed E-state index contributed by atoms with van der Waals surface area (Å²) in [6, 6.07) is 4.92. The molecule has 0 unspecified atom stereocenters. The first-order valence-electron chi connectivity index (χ1n) is 8.86. The molecule has 1 aromatic carbocycles. The molecular formula is C18H18Cl2FN3O6. The summed E-state index contributed by atoms with van der Waals surface area (Å²) in [5.41, 5.74) is 3.92. The van der Waals surface area contributed by atoms with E-state index in [0.717, 1.165) is 10.8 Å². The molecule has 1 aromatic heterocycles. The van der Waals surface area contributed by atoms with Crippen LogP contribution in [0.5, 0.6) is 0 Å². The van der Waals surface area contributed by atoms with Gasteiger partial charge in [0.2, 0.25) is 5.82 Å². The highest BCUT2D eigenvalue weighted by Crippen LogP contribution is 2.31. The van der Waals surface area contributed by atoms with Gasteiger partial charge in [-0.1, -0.05) is 29.3 Å². The summed E-state index contributed by atoms with van der Waals surface area (Å²) < 4.78 is 31.2. The zero-order chi connectivity index (χ0) is 21.8. The summed E-state index contributed by atoms with van der Waals surface area (Å²) in [6.07, 6.45) is -1.46. The lowest BCUT2D eigenvalue weighted by Crippen LogP contribution is -2.34. The summed E-state index contributed by atoms with van der Waals surface area (Å²) >= 11 is 12.0. The van der Waals surface area contributed by atoms with Crippen molar-refractivity contribution in [2.45, 2.75) is 31.5 Å². The van der Waals surface area contributed by atoms with Crippen LogP contribution < -0.4 is 17.0 Å². The molecule has 162 valence electrons. The zero-order valence-electron chi connectivity index (χ0n) is 15.5. The summed E-state index contributed by atoms with van der Waals surface area (Å²) in [5, 5.41) is 0.877. The third kappa shape index (κ3) is 5.27. The Hall–Kier alpha value is -2.24. The van der Waals surface area contributed by atoms with E-state index in [1.54, 1.807) is 18.2 Å². The monoisotopic (exact) mass is 461 g/mol. The molecule has 30 heavy (non-hydrogen) atoms. The number of rotatable bonds is 7. The first-order chi connectivity index (χ1) is 14.3. The van der Waals surface area contributed by atoms with Crippen LogP contribution in [0.4, 0.5) is 4.39 Å². The fourth-order valence-electron chi connectivity index (χ4n) is 2.94. The fourth-order valence-corrected chi connectivity index (χ4v) is 3.40. The molecule has 0 saturated carbocycles. The topological polar surface area (TPSA) is 126 Å². The Balaban J connectivity index is 1.77. The second kappa shape index (κ2) is 9.71. The molecule has 3 N–H and O–H groups in total. The predicted molar refractivity (Wildman–Crippen MR) is 105 cm³/mol. The van der Waals surface area contributed by atoms with Gasteiger partial charge in [0.1, 0.15) is 18.9 Å². The second-order valence-corrected chi connectivity index (χ2v) is 7.32. The number of nitrogens with zero attached hydrogens (tertiary/aromatic N) is 1. The van der Waals surface area contributed by atoms with E-state index in [1.165, 1.54) is 0 Å². The summed E-state index contributed by atoms with van der Waals surface area (Å²) in [7, 11) is 0. The molecule has 1 saturated heterocycles. The number of aromatic nitrogens is 2. The van der Waals surface area contributed by atoms with Gasteiger partial charge in [-0.2, -0.15) is 4.39 Å². The van der Waals surface area contributed by atoms with E-state index in [0.29, 0.717) is 15.6 Å². The van der Waals surface area contributed by atoms with E-state index in [9.17, 15) is 18.8 Å². The van der Waals surface area contributed by atoms with Crippen LogP contribution in [-0.2, 0) is 25.6 Å². The molecule has 0 aliphatic carbocycles. The van der Waals surface area contributed by atoms with Crippen LogP contribution in [0, 0.1) is 5.82 Å². The highest BCUT2D eigenvalue weighted by atomic mass is 35.5. The summed E-state index contributed by atoms with van der Waals surface area (Å²) in [6.45, 7) is -0.411. The molecule has 3 atom stereocenters. The lowest BCUT2D eigenvalue weighted by molar-refractivity contribution is -0.149. The SMILES string of the molecule is NCC(=O)OC[C@H]1O[C@@H](n2cc(F)c(=O)[nH]c2=O)C[C@@H]1OCc1ccc(Cl)cc1Cl. The van der Waals surface area contributed by atoms with E-state index >= 15 is 0 Å². The molecule has 0 bridgehead atoms. The van der Waals surface area contributed by atoms with Crippen molar-refractivity contribution in [2.75, 3.05) is 13.2 Å². The Bertz CT molecular complexity index is 1040. The number of aromatic amines is 1. The van der Waals surface area contributed by atoms with Gasteiger partial charge in [0.05, 0.1) is 25.5 Å². The van der Waals surface area contributed by atoms with Crippen molar-refractivity contribution < 1.29 is 23.4 Å². The minimum atomic E-state index is -1.14. The van der Waals surface area contributed by atoms with Crippen molar-refractivity contribution in [3.05, 3.63) is 66.7 Å². The van der Waals surface area contributed by atoms with Crippen molar-refractivity contribution >= 4 is 29.2 Å². The molecule has 1 aliphatic rings. The first kappa shape index (κ1) is 22.4. The van der Waals surface area contributed by atoms with Gasteiger partial charge in [0, 0.05) is 16.5 Å². The number of H-pyrrole nitrogens is 1. The van der Waals surface area contributed by atoms with E-state index < -0.39 is 41.5 Å². The molecule has 0 spiro atoms. The smallest absolute Gasteiger partial charge is 0.330 e. The van der Waals surface area contributed by atoms with Gasteiger partial charge in [-0.05, 0) is 17.7 Å². The number of benzene rings is 1. The number of nitrogens with two attached hydrogens (primary N) is 1. The molecule has 3 rings (SSSR count). The summed E-state index contributed by atoms with van der Waals surface area (Å²) in [5.74, 6) is -1.78. The lowest BCUT2D eigenvalue weighted by atomic mass is 10.1. The minimum Gasteiger partial charge on any atom is -0.462 e. The van der Waals surface area contributed by atoms with Crippen molar-refractivity contribution in [1.29, 1.82) is 0 Å². The van der Waals surface area contributed by atoms with E-state index in [2.05, 4.69) is 0 Å². The van der Waals surface area contributed by atoms with E-state index in [-0.39, 0.29) is 26.2 Å². The molecule has 12 heteroatoms. The number of hydrogen-bond donors (Lipinski definition) is 2.